The van der Waals surface area contributed by atoms with Crippen LogP contribution in [-0.2, 0) is 32.8 Å². The van der Waals surface area contributed by atoms with Gasteiger partial charge in [0.2, 0.25) is 11.7 Å². The molecule has 1 saturated heterocycles. The Kier molecular flexibility index (Phi) is 8.20. The molecule has 250 valence electrons. The van der Waals surface area contributed by atoms with Crippen molar-refractivity contribution in [3.8, 4) is 5.75 Å². The number of halogens is 4. The minimum Gasteiger partial charge on any atom is -0.505 e. The monoisotopic (exact) mass is 701 g/mol. The molecule has 1 aromatic carbocycles. The van der Waals surface area contributed by atoms with Gasteiger partial charge in [-0.05, 0) is 55.2 Å². The summed E-state index contributed by atoms with van der Waals surface area (Å²) in [4.78, 5) is 51.1. The van der Waals surface area contributed by atoms with Crippen molar-refractivity contribution < 1.29 is 32.6 Å². The fourth-order valence-electron chi connectivity index (χ4n) is 6.32. The second-order valence-electron chi connectivity index (χ2n) is 11.6. The number of carbonyl (C=O) groups excluding carboxylic acids is 2. The molecule has 12 nitrogen and oxygen atoms in total. The number of likely N-dealkylation sites (tertiary alicyclic amines) is 1. The maximum Gasteiger partial charge on any atom is 0.416 e. The number of pyridine rings is 1. The van der Waals surface area contributed by atoms with E-state index in [1.807, 2.05) is 6.08 Å². The van der Waals surface area contributed by atoms with Crippen LogP contribution in [0.1, 0.15) is 52.4 Å². The van der Waals surface area contributed by atoms with Crippen LogP contribution in [0.3, 0.4) is 0 Å². The Morgan fingerprint density at radius 3 is 2.67 bits per heavy atom. The SMILES string of the molecule is O=C(Cn1c2c(c(=O)n3nc(C4=CCOCC4)nc13)C1(CCN(C(=O)c3ncccc3O)CC1)SC2)Nc1ccc(C(F)(F)F)cc1Cl. The van der Waals surface area contributed by atoms with Crippen molar-refractivity contribution in [1.29, 1.82) is 0 Å². The van der Waals surface area contributed by atoms with Crippen LogP contribution in [0, 0.1) is 0 Å². The first-order valence-electron chi connectivity index (χ1n) is 15.0. The average Bonchev–Trinajstić information content (AvgIpc) is 3.68. The maximum atomic E-state index is 14.2. The lowest BCUT2D eigenvalue weighted by Gasteiger charge is -2.38. The van der Waals surface area contributed by atoms with E-state index < -0.39 is 28.3 Å². The summed E-state index contributed by atoms with van der Waals surface area (Å²) in [6, 6.07) is 5.59. The highest BCUT2D eigenvalue weighted by atomic mass is 35.5. The van der Waals surface area contributed by atoms with Crippen molar-refractivity contribution in [1.82, 2.24) is 29.0 Å². The van der Waals surface area contributed by atoms with Gasteiger partial charge in [-0.2, -0.15) is 22.7 Å². The minimum absolute atomic E-state index is 0.000258. The number of fused-ring (bicyclic) bond motifs is 3. The summed E-state index contributed by atoms with van der Waals surface area (Å²) in [6.45, 7) is 1.09. The molecule has 3 aromatic heterocycles. The van der Waals surface area contributed by atoms with Gasteiger partial charge in [0.05, 0.1) is 39.8 Å². The third-order valence-electron chi connectivity index (χ3n) is 8.76. The van der Waals surface area contributed by atoms with Crippen LogP contribution >= 0.6 is 23.4 Å². The number of nitrogens with zero attached hydrogens (tertiary/aromatic N) is 6. The Morgan fingerprint density at radius 1 is 1.19 bits per heavy atom. The van der Waals surface area contributed by atoms with Gasteiger partial charge in [-0.1, -0.05) is 17.7 Å². The predicted octanol–water partition coefficient (Wildman–Crippen LogP) is 4.48. The molecule has 7 rings (SSSR count). The predicted molar refractivity (Wildman–Crippen MR) is 170 cm³/mol. The molecule has 0 atom stereocenters. The molecule has 2 N–H and O–H groups in total. The van der Waals surface area contributed by atoms with E-state index in [0.717, 1.165) is 23.8 Å². The van der Waals surface area contributed by atoms with E-state index in [0.29, 0.717) is 68.4 Å². The van der Waals surface area contributed by atoms with Gasteiger partial charge in [0.25, 0.3) is 11.5 Å². The fraction of sp³-hybridized carbons (Fsp3) is 0.355. The highest BCUT2D eigenvalue weighted by Crippen LogP contribution is 2.52. The van der Waals surface area contributed by atoms with Crippen molar-refractivity contribution in [2.45, 2.75) is 42.5 Å². The first kappa shape index (κ1) is 32.2. The van der Waals surface area contributed by atoms with Crippen molar-refractivity contribution in [3.63, 3.8) is 0 Å². The summed E-state index contributed by atoms with van der Waals surface area (Å²) >= 11 is 7.64. The zero-order valence-electron chi connectivity index (χ0n) is 25.1. The topological polar surface area (TPSA) is 144 Å². The molecule has 6 heterocycles. The Hall–Kier alpha value is -4.41. The van der Waals surface area contributed by atoms with Crippen molar-refractivity contribution in [3.05, 3.63) is 86.3 Å². The van der Waals surface area contributed by atoms with Crippen LogP contribution in [0.4, 0.5) is 18.9 Å². The van der Waals surface area contributed by atoms with Crippen LogP contribution in [0.5, 0.6) is 5.75 Å². The number of hydrogen-bond acceptors (Lipinski definition) is 9. The number of thioether (sulfide) groups is 1. The molecule has 17 heteroatoms. The molecule has 0 bridgehead atoms. The average molecular weight is 702 g/mol. The van der Waals surface area contributed by atoms with Crippen LogP contribution < -0.4 is 10.9 Å². The molecule has 3 aliphatic rings. The lowest BCUT2D eigenvalue weighted by Crippen LogP contribution is -2.45. The largest absolute Gasteiger partial charge is 0.505 e. The molecule has 3 aliphatic heterocycles. The molecular formula is C31H27ClF3N7O5S. The quantitative estimate of drug-likeness (QED) is 0.308. The second-order valence-corrected chi connectivity index (χ2v) is 13.4. The van der Waals surface area contributed by atoms with Crippen LogP contribution in [0.15, 0.2) is 47.4 Å². The highest BCUT2D eigenvalue weighted by molar-refractivity contribution is 7.99. The third-order valence-corrected chi connectivity index (χ3v) is 10.7. The molecule has 0 aliphatic carbocycles. The number of ether oxygens (including phenoxy) is 1. The van der Waals surface area contributed by atoms with Crippen molar-refractivity contribution in [2.24, 2.45) is 0 Å². The van der Waals surface area contributed by atoms with Gasteiger partial charge in [0.1, 0.15) is 12.3 Å². The first-order chi connectivity index (χ1) is 22.9. The highest BCUT2D eigenvalue weighted by Gasteiger charge is 2.47. The molecule has 0 unspecified atom stereocenters. The summed E-state index contributed by atoms with van der Waals surface area (Å²) < 4.78 is 47.0. The summed E-state index contributed by atoms with van der Waals surface area (Å²) in [5, 5.41) is 17.0. The Balaban J connectivity index is 1.24. The molecule has 48 heavy (non-hydrogen) atoms. The van der Waals surface area contributed by atoms with E-state index in [9.17, 15) is 32.7 Å². The van der Waals surface area contributed by atoms with Crippen LogP contribution in [-0.4, -0.2) is 72.3 Å². The van der Waals surface area contributed by atoms with Gasteiger partial charge >= 0.3 is 6.18 Å². The second kappa shape index (κ2) is 12.2. The van der Waals surface area contributed by atoms with E-state index in [-0.39, 0.29) is 40.0 Å². The van der Waals surface area contributed by atoms with Gasteiger partial charge in [-0.15, -0.1) is 16.9 Å². The Bertz CT molecular complexity index is 2060. The molecule has 1 spiro atoms. The molecule has 2 amide bonds. The summed E-state index contributed by atoms with van der Waals surface area (Å²) in [5.74, 6) is -0.388. The molecule has 1 fully saturated rings. The number of anilines is 1. The Labute approximate surface area is 279 Å². The summed E-state index contributed by atoms with van der Waals surface area (Å²) in [6.07, 6.45) is 0.0391. The van der Waals surface area contributed by atoms with E-state index in [1.54, 1.807) is 9.47 Å². The zero-order valence-corrected chi connectivity index (χ0v) is 26.7. The molecule has 0 radical (unpaired) electrons. The number of rotatable bonds is 5. The molecule has 0 saturated carbocycles. The number of benzene rings is 1. The number of aromatic nitrogens is 5. The van der Waals surface area contributed by atoms with Crippen molar-refractivity contribution in [2.75, 3.05) is 31.6 Å². The number of hydrogen-bond donors (Lipinski definition) is 2. The van der Waals surface area contributed by atoms with Crippen LogP contribution in [0.25, 0.3) is 11.4 Å². The summed E-state index contributed by atoms with van der Waals surface area (Å²) in [7, 11) is 0. The number of nitrogens with one attached hydrogen (secondary N) is 1. The lowest BCUT2D eigenvalue weighted by molar-refractivity contribution is -0.137. The van der Waals surface area contributed by atoms with Gasteiger partial charge < -0.3 is 24.6 Å². The standard InChI is InChI=1S/C31H27ClF3N7O5S/c32-19-14-18(31(33,34)35)3-4-20(19)37-23(44)15-41-21-16-48-30(7-10-40(11-8-30)28(46)25-22(43)2-1-9-36-25)24(21)27(45)42-29(41)38-26(39-42)17-5-12-47-13-6-17/h1-5,9,14,43H,6-8,10-13,15-16H2,(H,37,44). The minimum atomic E-state index is -4.60. The van der Waals surface area contributed by atoms with E-state index in [4.69, 9.17) is 16.3 Å². The number of aromatic hydroxyl groups is 1. The molecular weight excluding hydrogens is 675 g/mol. The normalized spacial score (nSPS) is 17.4. The number of amides is 2. The summed E-state index contributed by atoms with van der Waals surface area (Å²) in [5.41, 5.74) is 0.467. The maximum absolute atomic E-state index is 14.2. The van der Waals surface area contributed by atoms with Gasteiger partial charge in [0, 0.05) is 30.7 Å². The number of carbonyl (C=O) groups is 2. The smallest absolute Gasteiger partial charge is 0.416 e. The zero-order chi connectivity index (χ0) is 33.8. The fourth-order valence-corrected chi connectivity index (χ4v) is 8.08. The lowest BCUT2D eigenvalue weighted by atomic mass is 9.88. The third kappa shape index (κ3) is 5.71. The van der Waals surface area contributed by atoms with Gasteiger partial charge in [0.15, 0.2) is 11.5 Å². The van der Waals surface area contributed by atoms with Crippen LogP contribution in [0.2, 0.25) is 5.02 Å². The van der Waals surface area contributed by atoms with Gasteiger partial charge in [-0.3, -0.25) is 14.4 Å². The number of piperidine rings is 1. The molecule has 4 aromatic rings. The van der Waals surface area contributed by atoms with Gasteiger partial charge in [-0.25, -0.2) is 4.98 Å². The van der Waals surface area contributed by atoms with Crippen molar-refractivity contribution >= 4 is 52.2 Å². The van der Waals surface area contributed by atoms with E-state index in [1.165, 1.54) is 34.6 Å². The first-order valence-corrected chi connectivity index (χ1v) is 16.4. The number of alkyl halides is 3. The van der Waals surface area contributed by atoms with E-state index in [2.05, 4.69) is 20.4 Å². The van der Waals surface area contributed by atoms with E-state index >= 15 is 0 Å². The Morgan fingerprint density at radius 2 is 1.98 bits per heavy atom.